The molecule has 0 radical (unpaired) electrons. The Morgan fingerprint density at radius 3 is 2.12 bits per heavy atom. The summed E-state index contributed by atoms with van der Waals surface area (Å²) in [5.74, 6) is -1.88. The molecule has 48 valence electrons. The Hall–Kier alpha value is -0.150. The monoisotopic (exact) mass is 119 g/mol. The predicted octanol–water partition coefficient (Wildman–Crippen LogP) is 0.0279. The SMILES string of the molecule is OC1(F)CCNCC1. The summed E-state index contributed by atoms with van der Waals surface area (Å²) in [6.07, 6.45) is 0.458. The van der Waals surface area contributed by atoms with Crippen molar-refractivity contribution in [3.63, 3.8) is 0 Å². The average Bonchev–Trinajstić information content (AvgIpc) is 1.65. The third-order valence-electron chi connectivity index (χ3n) is 1.37. The molecule has 0 aromatic carbocycles. The molecule has 1 saturated heterocycles. The number of hydrogen-bond acceptors (Lipinski definition) is 2. The van der Waals surface area contributed by atoms with Crippen LogP contribution < -0.4 is 5.32 Å². The zero-order valence-corrected chi connectivity index (χ0v) is 4.65. The molecule has 0 atom stereocenters. The van der Waals surface area contributed by atoms with E-state index in [4.69, 9.17) is 5.11 Å². The standard InChI is InChI=1S/C5H10FNO/c6-5(8)1-3-7-4-2-5/h7-8H,1-4H2. The van der Waals surface area contributed by atoms with Gasteiger partial charge in [0.2, 0.25) is 5.85 Å². The van der Waals surface area contributed by atoms with Gasteiger partial charge < -0.3 is 10.4 Å². The number of piperidine rings is 1. The minimum absolute atomic E-state index is 0.229. The van der Waals surface area contributed by atoms with E-state index >= 15 is 0 Å². The molecule has 0 saturated carbocycles. The van der Waals surface area contributed by atoms with Crippen molar-refractivity contribution in [1.29, 1.82) is 0 Å². The highest BCUT2D eigenvalue weighted by Crippen LogP contribution is 2.17. The number of hydrogen-bond donors (Lipinski definition) is 2. The Morgan fingerprint density at radius 1 is 1.38 bits per heavy atom. The first kappa shape index (κ1) is 5.98. The van der Waals surface area contributed by atoms with Gasteiger partial charge in [-0.2, -0.15) is 0 Å². The summed E-state index contributed by atoms with van der Waals surface area (Å²) in [5.41, 5.74) is 0. The molecule has 1 fully saturated rings. The van der Waals surface area contributed by atoms with E-state index in [1.807, 2.05) is 0 Å². The van der Waals surface area contributed by atoms with Crippen LogP contribution in [0.5, 0.6) is 0 Å². The van der Waals surface area contributed by atoms with Gasteiger partial charge in [-0.15, -0.1) is 0 Å². The van der Waals surface area contributed by atoms with Crippen molar-refractivity contribution < 1.29 is 9.50 Å². The average molecular weight is 119 g/mol. The van der Waals surface area contributed by atoms with Gasteiger partial charge in [-0.25, -0.2) is 4.39 Å². The molecule has 1 aliphatic rings. The first-order valence-corrected chi connectivity index (χ1v) is 2.83. The molecule has 0 aliphatic carbocycles. The van der Waals surface area contributed by atoms with E-state index in [0.717, 1.165) is 0 Å². The second-order valence-corrected chi connectivity index (χ2v) is 2.17. The van der Waals surface area contributed by atoms with Crippen molar-refractivity contribution in [1.82, 2.24) is 5.32 Å². The Morgan fingerprint density at radius 2 is 1.88 bits per heavy atom. The molecule has 3 heteroatoms. The molecule has 0 spiro atoms. The van der Waals surface area contributed by atoms with Crippen molar-refractivity contribution in [3.05, 3.63) is 0 Å². The highest BCUT2D eigenvalue weighted by atomic mass is 19.2. The highest BCUT2D eigenvalue weighted by Gasteiger charge is 2.27. The van der Waals surface area contributed by atoms with Crippen LogP contribution in [0, 0.1) is 0 Å². The minimum atomic E-state index is -1.88. The van der Waals surface area contributed by atoms with Crippen LogP contribution in [0.25, 0.3) is 0 Å². The molecular weight excluding hydrogens is 109 g/mol. The van der Waals surface area contributed by atoms with Crippen molar-refractivity contribution in [2.75, 3.05) is 13.1 Å². The van der Waals surface area contributed by atoms with E-state index in [2.05, 4.69) is 5.32 Å². The van der Waals surface area contributed by atoms with Crippen molar-refractivity contribution in [2.24, 2.45) is 0 Å². The summed E-state index contributed by atoms with van der Waals surface area (Å²) >= 11 is 0. The van der Waals surface area contributed by atoms with Crippen LogP contribution in [-0.4, -0.2) is 24.1 Å². The van der Waals surface area contributed by atoms with Crippen LogP contribution in [0.15, 0.2) is 0 Å². The van der Waals surface area contributed by atoms with E-state index in [9.17, 15) is 4.39 Å². The lowest BCUT2D eigenvalue weighted by molar-refractivity contribution is -0.108. The van der Waals surface area contributed by atoms with Crippen LogP contribution in [0.3, 0.4) is 0 Å². The summed E-state index contributed by atoms with van der Waals surface area (Å²) in [6.45, 7) is 1.18. The molecule has 1 heterocycles. The fourth-order valence-electron chi connectivity index (χ4n) is 0.810. The smallest absolute Gasteiger partial charge is 0.209 e. The van der Waals surface area contributed by atoms with E-state index < -0.39 is 5.85 Å². The molecule has 0 aromatic heterocycles. The molecule has 0 bridgehead atoms. The van der Waals surface area contributed by atoms with E-state index in [0.29, 0.717) is 13.1 Å². The zero-order valence-electron chi connectivity index (χ0n) is 4.65. The third kappa shape index (κ3) is 1.42. The van der Waals surface area contributed by atoms with Gasteiger partial charge in [0, 0.05) is 25.9 Å². The second-order valence-electron chi connectivity index (χ2n) is 2.17. The molecule has 0 amide bonds. The van der Waals surface area contributed by atoms with Crippen LogP contribution in [0.1, 0.15) is 12.8 Å². The number of alkyl halides is 1. The summed E-state index contributed by atoms with van der Waals surface area (Å²) in [7, 11) is 0. The molecular formula is C5H10FNO. The van der Waals surface area contributed by atoms with Crippen molar-refractivity contribution in [2.45, 2.75) is 18.7 Å². The number of aliphatic hydroxyl groups is 1. The topological polar surface area (TPSA) is 32.3 Å². The van der Waals surface area contributed by atoms with Crippen LogP contribution in [0.2, 0.25) is 0 Å². The largest absolute Gasteiger partial charge is 0.362 e. The summed E-state index contributed by atoms with van der Waals surface area (Å²) in [6, 6.07) is 0. The minimum Gasteiger partial charge on any atom is -0.362 e. The highest BCUT2D eigenvalue weighted by molar-refractivity contribution is 4.72. The van der Waals surface area contributed by atoms with Crippen molar-refractivity contribution >= 4 is 0 Å². The first-order valence-electron chi connectivity index (χ1n) is 2.83. The molecule has 0 aromatic rings. The normalized spacial score (nSPS) is 27.8. The zero-order chi connectivity index (χ0) is 6.04. The fraction of sp³-hybridized carbons (Fsp3) is 1.00. The van der Waals surface area contributed by atoms with Gasteiger partial charge in [0.25, 0.3) is 0 Å². The lowest BCUT2D eigenvalue weighted by atomic mass is 10.1. The molecule has 8 heavy (non-hydrogen) atoms. The quantitative estimate of drug-likeness (QED) is 0.471. The van der Waals surface area contributed by atoms with E-state index in [1.165, 1.54) is 0 Å². The van der Waals surface area contributed by atoms with Gasteiger partial charge in [0.15, 0.2) is 0 Å². The van der Waals surface area contributed by atoms with Gasteiger partial charge in [-0.1, -0.05) is 0 Å². The Kier molecular flexibility index (Phi) is 1.49. The predicted molar refractivity (Wildman–Crippen MR) is 28.2 cm³/mol. The number of halogens is 1. The van der Waals surface area contributed by atoms with E-state index in [1.54, 1.807) is 0 Å². The van der Waals surface area contributed by atoms with Gasteiger partial charge in [0.1, 0.15) is 0 Å². The lowest BCUT2D eigenvalue weighted by Gasteiger charge is -2.23. The van der Waals surface area contributed by atoms with Crippen molar-refractivity contribution in [3.8, 4) is 0 Å². The van der Waals surface area contributed by atoms with Crippen LogP contribution >= 0.6 is 0 Å². The maximum atomic E-state index is 12.4. The molecule has 1 rings (SSSR count). The number of rotatable bonds is 0. The van der Waals surface area contributed by atoms with Crippen LogP contribution in [-0.2, 0) is 0 Å². The summed E-state index contributed by atoms with van der Waals surface area (Å²) in [5, 5.41) is 11.6. The van der Waals surface area contributed by atoms with Gasteiger partial charge in [-0.3, -0.25) is 0 Å². The fourth-order valence-corrected chi connectivity index (χ4v) is 0.810. The maximum absolute atomic E-state index is 12.4. The van der Waals surface area contributed by atoms with Gasteiger partial charge in [-0.05, 0) is 0 Å². The van der Waals surface area contributed by atoms with Gasteiger partial charge >= 0.3 is 0 Å². The lowest BCUT2D eigenvalue weighted by Crippen LogP contribution is -2.38. The maximum Gasteiger partial charge on any atom is 0.209 e. The second kappa shape index (κ2) is 1.99. The number of nitrogens with one attached hydrogen (secondary N) is 1. The summed E-state index contributed by atoms with van der Waals surface area (Å²) < 4.78 is 12.4. The van der Waals surface area contributed by atoms with Gasteiger partial charge in [0.05, 0.1) is 0 Å². The molecule has 2 N–H and O–H groups in total. The van der Waals surface area contributed by atoms with E-state index in [-0.39, 0.29) is 12.8 Å². The Bertz CT molecular complexity index is 76.5. The molecule has 2 nitrogen and oxygen atoms in total. The van der Waals surface area contributed by atoms with Crippen LogP contribution in [0.4, 0.5) is 4.39 Å². The Labute approximate surface area is 47.7 Å². The molecule has 0 unspecified atom stereocenters. The molecule has 1 aliphatic heterocycles. The Balaban J connectivity index is 2.33. The summed E-state index contributed by atoms with van der Waals surface area (Å²) in [4.78, 5) is 0. The third-order valence-corrected chi connectivity index (χ3v) is 1.37. The first-order chi connectivity index (χ1) is 3.71.